The topological polar surface area (TPSA) is 104 Å². The number of nitrogens with one attached hydrogen (secondary N) is 2. The Bertz CT molecular complexity index is 1020. The number of carbonyl (C=O) groups is 2. The van der Waals surface area contributed by atoms with Gasteiger partial charge in [-0.05, 0) is 57.4 Å². The Hall–Kier alpha value is -3.40. The average Bonchev–Trinajstić information content (AvgIpc) is 2.71. The number of hydrogen-bond acceptors (Lipinski definition) is 5. The van der Waals surface area contributed by atoms with Crippen LogP contribution < -0.4 is 10.6 Å². The summed E-state index contributed by atoms with van der Waals surface area (Å²) in [5, 5.41) is 15.2. The summed E-state index contributed by atoms with van der Waals surface area (Å²) in [6.07, 6.45) is 5.02. The first-order chi connectivity index (χ1) is 14.7. The lowest BCUT2D eigenvalue weighted by atomic mass is 9.94. The number of nitriles is 1. The molecule has 2 N–H and O–H groups in total. The van der Waals surface area contributed by atoms with Crippen molar-refractivity contribution < 1.29 is 14.3 Å². The van der Waals surface area contributed by atoms with Crippen molar-refractivity contribution in [2.75, 3.05) is 5.32 Å². The van der Waals surface area contributed by atoms with Gasteiger partial charge in [0.1, 0.15) is 5.60 Å². The maximum Gasteiger partial charge on any atom is 0.408 e. The second kappa shape index (κ2) is 9.17. The summed E-state index contributed by atoms with van der Waals surface area (Å²) in [6.45, 7) is 7.35. The summed E-state index contributed by atoms with van der Waals surface area (Å²) in [6, 6.07) is 8.97. The molecule has 2 aromatic rings. The van der Waals surface area contributed by atoms with Gasteiger partial charge in [-0.15, -0.1) is 0 Å². The predicted molar refractivity (Wildman–Crippen MR) is 118 cm³/mol. The number of amides is 2. The summed E-state index contributed by atoms with van der Waals surface area (Å²) in [5.74, 6) is -0.311. The number of hydrogen-bond donors (Lipinski definition) is 2. The van der Waals surface area contributed by atoms with Gasteiger partial charge in [0, 0.05) is 35.1 Å². The van der Waals surface area contributed by atoms with Crippen LogP contribution in [0.3, 0.4) is 0 Å². The molecule has 162 valence electrons. The number of benzene rings is 1. The van der Waals surface area contributed by atoms with Crippen molar-refractivity contribution in [2.24, 2.45) is 5.92 Å². The van der Waals surface area contributed by atoms with Crippen LogP contribution >= 0.6 is 0 Å². The van der Waals surface area contributed by atoms with Crippen molar-refractivity contribution >= 4 is 17.7 Å². The number of rotatable bonds is 1. The van der Waals surface area contributed by atoms with Crippen molar-refractivity contribution in [3.63, 3.8) is 0 Å². The smallest absolute Gasteiger partial charge is 0.408 e. The van der Waals surface area contributed by atoms with Crippen LogP contribution in [0.1, 0.15) is 64.1 Å². The Balaban J connectivity index is 2.02. The largest absolute Gasteiger partial charge is 0.444 e. The fourth-order valence-corrected chi connectivity index (χ4v) is 3.55. The molecule has 2 heterocycles. The highest BCUT2D eigenvalue weighted by atomic mass is 16.6. The zero-order valence-electron chi connectivity index (χ0n) is 18.4. The van der Waals surface area contributed by atoms with Crippen molar-refractivity contribution in [3.05, 3.63) is 47.8 Å². The van der Waals surface area contributed by atoms with Gasteiger partial charge in [-0.2, -0.15) is 5.26 Å². The summed E-state index contributed by atoms with van der Waals surface area (Å²) in [5.41, 5.74) is 2.86. The van der Waals surface area contributed by atoms with E-state index in [1.807, 2.05) is 39.8 Å². The third-order valence-corrected chi connectivity index (χ3v) is 5.15. The first-order valence-electron chi connectivity index (χ1n) is 10.5. The third kappa shape index (κ3) is 5.82. The number of pyridine rings is 1. The molecule has 2 atom stereocenters. The second-order valence-electron chi connectivity index (χ2n) is 8.90. The number of anilines is 1. The number of aromatic nitrogens is 1. The Morgan fingerprint density at radius 1 is 1.26 bits per heavy atom. The molecule has 0 aliphatic carbocycles. The molecular weight excluding hydrogens is 392 g/mol. The Labute approximate surface area is 182 Å². The number of ether oxygens (including phenoxy) is 1. The van der Waals surface area contributed by atoms with Gasteiger partial charge in [0.15, 0.2) is 0 Å². The van der Waals surface area contributed by atoms with E-state index in [-0.39, 0.29) is 17.9 Å². The summed E-state index contributed by atoms with van der Waals surface area (Å²) < 4.78 is 5.44. The zero-order chi connectivity index (χ0) is 22.6. The monoisotopic (exact) mass is 420 g/mol. The molecule has 7 nitrogen and oxygen atoms in total. The minimum atomic E-state index is -0.598. The maximum atomic E-state index is 12.7. The number of alkyl carbamates (subject to hydrolysis) is 1. The second-order valence-corrected chi connectivity index (χ2v) is 8.90. The Kier molecular flexibility index (Phi) is 6.59. The van der Waals surface area contributed by atoms with Crippen LogP contribution in [0, 0.1) is 17.2 Å². The lowest BCUT2D eigenvalue weighted by Gasteiger charge is -2.25. The van der Waals surface area contributed by atoms with Crippen LogP contribution in [0.4, 0.5) is 10.5 Å². The van der Waals surface area contributed by atoms with Crippen LogP contribution in [0.5, 0.6) is 0 Å². The van der Waals surface area contributed by atoms with E-state index >= 15 is 0 Å². The standard InChI is InChI=1S/C24H28N4O3/c1-15-6-5-7-20(28-23(30)31-24(2,3)4)18-11-17(13-26-14-18)19-9-8-16(12-25)10-21(19)27-22(15)29/h8-11,13-15,20H,5-7H2,1-4H3,(H,27,29)(H,28,30). The maximum absolute atomic E-state index is 12.7. The number of nitrogens with zero attached hydrogens (tertiary/aromatic N) is 2. The molecule has 0 saturated heterocycles. The number of carbonyl (C=O) groups excluding carboxylic acids is 2. The normalized spacial score (nSPS) is 19.0. The van der Waals surface area contributed by atoms with Gasteiger partial charge in [-0.25, -0.2) is 4.79 Å². The molecular formula is C24H28N4O3. The Morgan fingerprint density at radius 3 is 2.74 bits per heavy atom. The molecule has 1 aliphatic heterocycles. The van der Waals surface area contributed by atoms with Crippen LogP contribution in [-0.2, 0) is 9.53 Å². The molecule has 3 rings (SSSR count). The SMILES string of the molecule is CC1CCCC(NC(=O)OC(C)(C)C)c2cncc(c2)-c2ccc(C#N)cc2NC1=O. The molecule has 2 unspecified atom stereocenters. The molecule has 2 bridgehead atoms. The molecule has 31 heavy (non-hydrogen) atoms. The molecule has 0 spiro atoms. The summed E-state index contributed by atoms with van der Waals surface area (Å²) >= 11 is 0. The van der Waals surface area contributed by atoms with E-state index in [0.717, 1.165) is 23.1 Å². The van der Waals surface area contributed by atoms with E-state index in [1.165, 1.54) is 0 Å². The van der Waals surface area contributed by atoms with Gasteiger partial charge < -0.3 is 15.4 Å². The van der Waals surface area contributed by atoms with Crippen LogP contribution in [0.15, 0.2) is 36.7 Å². The van der Waals surface area contributed by atoms with Crippen molar-refractivity contribution in [2.45, 2.75) is 58.6 Å². The van der Waals surface area contributed by atoms with E-state index < -0.39 is 11.7 Å². The minimum absolute atomic E-state index is 0.0994. The lowest BCUT2D eigenvalue weighted by Crippen LogP contribution is -2.35. The van der Waals surface area contributed by atoms with E-state index in [0.29, 0.717) is 24.1 Å². The molecule has 0 saturated carbocycles. The van der Waals surface area contributed by atoms with Gasteiger partial charge in [0.05, 0.1) is 17.7 Å². The van der Waals surface area contributed by atoms with Crippen LogP contribution in [0.25, 0.3) is 11.1 Å². The highest BCUT2D eigenvalue weighted by Crippen LogP contribution is 2.32. The molecule has 1 aromatic heterocycles. The quantitative estimate of drug-likeness (QED) is 0.680. The van der Waals surface area contributed by atoms with Crippen molar-refractivity contribution in [1.29, 1.82) is 5.26 Å². The summed E-state index contributed by atoms with van der Waals surface area (Å²) in [4.78, 5) is 29.5. The molecule has 0 radical (unpaired) electrons. The van der Waals surface area contributed by atoms with Gasteiger partial charge in [0.2, 0.25) is 5.91 Å². The highest BCUT2D eigenvalue weighted by molar-refractivity contribution is 5.97. The predicted octanol–water partition coefficient (Wildman–Crippen LogP) is 4.94. The Morgan fingerprint density at radius 2 is 2.03 bits per heavy atom. The van der Waals surface area contributed by atoms with Gasteiger partial charge >= 0.3 is 6.09 Å². The van der Waals surface area contributed by atoms with E-state index in [2.05, 4.69) is 21.7 Å². The molecule has 2 amide bonds. The van der Waals surface area contributed by atoms with Crippen LogP contribution in [0.2, 0.25) is 0 Å². The first kappa shape index (κ1) is 22.3. The molecule has 1 aromatic carbocycles. The molecule has 7 heteroatoms. The van der Waals surface area contributed by atoms with E-state index in [4.69, 9.17) is 4.74 Å². The number of fused-ring (bicyclic) bond motifs is 4. The highest BCUT2D eigenvalue weighted by Gasteiger charge is 2.23. The van der Waals surface area contributed by atoms with E-state index in [1.54, 1.807) is 24.5 Å². The van der Waals surface area contributed by atoms with Gasteiger partial charge in [-0.1, -0.05) is 19.4 Å². The van der Waals surface area contributed by atoms with Crippen LogP contribution in [-0.4, -0.2) is 22.6 Å². The molecule has 1 aliphatic rings. The lowest BCUT2D eigenvalue weighted by molar-refractivity contribution is -0.119. The fourth-order valence-electron chi connectivity index (χ4n) is 3.55. The van der Waals surface area contributed by atoms with Gasteiger partial charge in [0.25, 0.3) is 0 Å². The van der Waals surface area contributed by atoms with E-state index in [9.17, 15) is 14.9 Å². The van der Waals surface area contributed by atoms with Gasteiger partial charge in [-0.3, -0.25) is 9.78 Å². The third-order valence-electron chi connectivity index (χ3n) is 5.15. The van der Waals surface area contributed by atoms with Crippen molar-refractivity contribution in [1.82, 2.24) is 10.3 Å². The fraction of sp³-hybridized carbons (Fsp3) is 0.417. The summed E-state index contributed by atoms with van der Waals surface area (Å²) in [7, 11) is 0. The first-order valence-corrected chi connectivity index (χ1v) is 10.5. The molecule has 0 fully saturated rings. The average molecular weight is 421 g/mol. The zero-order valence-corrected chi connectivity index (χ0v) is 18.4. The van der Waals surface area contributed by atoms with Crippen molar-refractivity contribution in [3.8, 4) is 17.2 Å². The minimum Gasteiger partial charge on any atom is -0.444 e.